The zero-order valence-electron chi connectivity index (χ0n) is 6.40. The summed E-state index contributed by atoms with van der Waals surface area (Å²) < 4.78 is 1.68. The highest BCUT2D eigenvalue weighted by Crippen LogP contribution is 2.28. The minimum atomic E-state index is 0.0415. The monoisotopic (exact) mass is 339 g/mol. The lowest BCUT2D eigenvalue weighted by Gasteiger charge is -2.04. The maximum atomic E-state index is 11.1. The summed E-state index contributed by atoms with van der Waals surface area (Å²) in [7, 11) is 0. The minimum absolute atomic E-state index is 0.0415. The number of rotatable bonds is 1. The Morgan fingerprint density at radius 2 is 2.17 bits per heavy atom. The Morgan fingerprint density at radius 3 is 2.67 bits per heavy atom. The van der Waals surface area contributed by atoms with Gasteiger partial charge in [0.15, 0.2) is 5.78 Å². The van der Waals surface area contributed by atoms with Gasteiger partial charge in [0.05, 0.1) is 3.57 Å². The first-order valence-corrected chi connectivity index (χ1v) is 5.15. The summed E-state index contributed by atoms with van der Waals surface area (Å²) in [6.45, 7) is 1.53. The van der Waals surface area contributed by atoms with Crippen LogP contribution in [0.25, 0.3) is 0 Å². The third-order valence-corrected chi connectivity index (χ3v) is 4.22. The van der Waals surface area contributed by atoms with Crippen molar-refractivity contribution in [2.75, 3.05) is 5.73 Å². The third kappa shape index (κ3) is 1.80. The molecule has 1 rings (SSSR count). The average molecular weight is 340 g/mol. The molecular weight excluding hydrogens is 333 g/mol. The molecule has 0 heterocycles. The van der Waals surface area contributed by atoms with Crippen LogP contribution >= 0.6 is 38.5 Å². The van der Waals surface area contributed by atoms with E-state index in [1.807, 2.05) is 0 Å². The highest BCUT2D eigenvalue weighted by molar-refractivity contribution is 14.1. The molecule has 2 nitrogen and oxygen atoms in total. The molecule has 1 aromatic rings. The fraction of sp³-hybridized carbons (Fsp3) is 0.125. The Bertz CT molecular complexity index is 338. The first-order chi connectivity index (χ1) is 5.54. The second-order valence-corrected chi connectivity index (χ2v) is 4.26. The fourth-order valence-electron chi connectivity index (χ4n) is 0.836. The normalized spacial score (nSPS) is 9.92. The number of benzene rings is 1. The topological polar surface area (TPSA) is 43.1 Å². The standard InChI is InChI=1S/C8H7BrINO/c1-4(12)5-2-3-6(11)8(10)7(5)9/h2-3H,11H2,1H3. The Hall–Kier alpha value is -0.100. The fourth-order valence-corrected chi connectivity index (χ4v) is 1.95. The molecule has 0 saturated heterocycles. The molecule has 0 amide bonds. The number of hydrogen-bond donors (Lipinski definition) is 1. The third-order valence-electron chi connectivity index (χ3n) is 1.49. The van der Waals surface area contributed by atoms with Crippen molar-refractivity contribution in [1.29, 1.82) is 0 Å². The molecule has 1 aromatic carbocycles. The predicted molar refractivity (Wildman–Crippen MR) is 61.3 cm³/mol. The van der Waals surface area contributed by atoms with Gasteiger partial charge in [-0.1, -0.05) is 0 Å². The maximum Gasteiger partial charge on any atom is 0.160 e. The Kier molecular flexibility index (Phi) is 3.11. The van der Waals surface area contributed by atoms with Gasteiger partial charge >= 0.3 is 0 Å². The van der Waals surface area contributed by atoms with E-state index in [0.29, 0.717) is 11.3 Å². The van der Waals surface area contributed by atoms with Crippen LogP contribution in [0.15, 0.2) is 16.6 Å². The van der Waals surface area contributed by atoms with Crippen LogP contribution in [0.4, 0.5) is 5.69 Å². The molecule has 12 heavy (non-hydrogen) atoms. The van der Waals surface area contributed by atoms with Crippen LogP contribution < -0.4 is 5.73 Å². The summed E-state index contributed by atoms with van der Waals surface area (Å²) in [6, 6.07) is 3.47. The minimum Gasteiger partial charge on any atom is -0.398 e. The quantitative estimate of drug-likeness (QED) is 0.485. The van der Waals surface area contributed by atoms with E-state index in [1.165, 1.54) is 6.92 Å². The summed E-state index contributed by atoms with van der Waals surface area (Å²) in [5, 5.41) is 0. The number of halogens is 2. The lowest BCUT2D eigenvalue weighted by Crippen LogP contribution is -1.98. The van der Waals surface area contributed by atoms with E-state index in [4.69, 9.17) is 5.73 Å². The molecule has 0 aliphatic rings. The summed E-state index contributed by atoms with van der Waals surface area (Å²) in [5.74, 6) is 0.0415. The SMILES string of the molecule is CC(=O)c1ccc(N)c(I)c1Br. The summed E-state index contributed by atoms with van der Waals surface area (Å²) in [6.07, 6.45) is 0. The molecule has 0 fully saturated rings. The van der Waals surface area contributed by atoms with Gasteiger partial charge in [-0.15, -0.1) is 0 Å². The number of hydrogen-bond acceptors (Lipinski definition) is 2. The van der Waals surface area contributed by atoms with Crippen molar-refractivity contribution in [3.8, 4) is 0 Å². The first-order valence-electron chi connectivity index (χ1n) is 3.28. The van der Waals surface area contributed by atoms with E-state index in [2.05, 4.69) is 38.5 Å². The van der Waals surface area contributed by atoms with Crippen LogP contribution in [0.2, 0.25) is 0 Å². The van der Waals surface area contributed by atoms with E-state index >= 15 is 0 Å². The molecule has 2 N–H and O–H groups in total. The van der Waals surface area contributed by atoms with Crippen molar-refractivity contribution >= 4 is 50.0 Å². The van der Waals surface area contributed by atoms with Gasteiger partial charge in [0.25, 0.3) is 0 Å². The van der Waals surface area contributed by atoms with E-state index in [0.717, 1.165) is 8.04 Å². The molecule has 0 unspecified atom stereocenters. The van der Waals surface area contributed by atoms with Crippen LogP contribution in [0.1, 0.15) is 17.3 Å². The van der Waals surface area contributed by atoms with E-state index in [9.17, 15) is 4.79 Å². The number of anilines is 1. The van der Waals surface area contributed by atoms with Crippen LogP contribution in [-0.2, 0) is 0 Å². The molecule has 0 spiro atoms. The van der Waals surface area contributed by atoms with Crippen molar-refractivity contribution in [2.45, 2.75) is 6.92 Å². The Labute approximate surface area is 92.8 Å². The highest BCUT2D eigenvalue weighted by Gasteiger charge is 2.09. The van der Waals surface area contributed by atoms with Crippen LogP contribution in [0, 0.1) is 3.57 Å². The lowest BCUT2D eigenvalue weighted by molar-refractivity contribution is 0.101. The van der Waals surface area contributed by atoms with Crippen LogP contribution in [0.3, 0.4) is 0 Å². The lowest BCUT2D eigenvalue weighted by atomic mass is 10.1. The highest BCUT2D eigenvalue weighted by atomic mass is 127. The molecule has 0 saturated carbocycles. The van der Waals surface area contributed by atoms with Gasteiger partial charge in [0.1, 0.15) is 0 Å². The van der Waals surface area contributed by atoms with Crippen molar-refractivity contribution in [3.63, 3.8) is 0 Å². The van der Waals surface area contributed by atoms with Gasteiger partial charge in [-0.2, -0.15) is 0 Å². The van der Waals surface area contributed by atoms with Gasteiger partial charge in [0, 0.05) is 15.7 Å². The first kappa shape index (κ1) is 9.98. The molecule has 0 aromatic heterocycles. The van der Waals surface area contributed by atoms with Gasteiger partial charge in [-0.05, 0) is 57.6 Å². The molecule has 0 aliphatic heterocycles. The maximum absolute atomic E-state index is 11.1. The molecule has 0 bridgehead atoms. The number of carbonyl (C=O) groups is 1. The smallest absolute Gasteiger partial charge is 0.160 e. The molecule has 64 valence electrons. The molecular formula is C8H7BrINO. The van der Waals surface area contributed by atoms with Crippen molar-refractivity contribution in [3.05, 3.63) is 25.7 Å². The average Bonchev–Trinajstić information content (AvgIpc) is 2.00. The Balaban J connectivity index is 3.36. The van der Waals surface area contributed by atoms with E-state index in [1.54, 1.807) is 12.1 Å². The molecule has 0 aliphatic carbocycles. The second kappa shape index (κ2) is 3.74. The molecule has 4 heteroatoms. The van der Waals surface area contributed by atoms with E-state index < -0.39 is 0 Å². The van der Waals surface area contributed by atoms with Crippen molar-refractivity contribution in [1.82, 2.24) is 0 Å². The van der Waals surface area contributed by atoms with Gasteiger partial charge in [-0.3, -0.25) is 4.79 Å². The van der Waals surface area contributed by atoms with Gasteiger partial charge < -0.3 is 5.73 Å². The number of Topliss-reactive ketones (excluding diaryl/α,β-unsaturated/α-hetero) is 1. The molecule has 0 atom stereocenters. The number of ketones is 1. The van der Waals surface area contributed by atoms with Gasteiger partial charge in [0.2, 0.25) is 0 Å². The largest absolute Gasteiger partial charge is 0.398 e. The summed E-state index contributed by atoms with van der Waals surface area (Å²) >= 11 is 5.43. The van der Waals surface area contributed by atoms with Crippen LogP contribution in [-0.4, -0.2) is 5.78 Å². The van der Waals surface area contributed by atoms with E-state index in [-0.39, 0.29) is 5.78 Å². The Morgan fingerprint density at radius 1 is 1.58 bits per heavy atom. The predicted octanol–water partition coefficient (Wildman–Crippen LogP) is 2.84. The second-order valence-electron chi connectivity index (χ2n) is 2.39. The number of nitrogen functional groups attached to an aromatic ring is 1. The number of carbonyl (C=O) groups excluding carboxylic acids is 1. The zero-order chi connectivity index (χ0) is 9.30. The summed E-state index contributed by atoms with van der Waals surface area (Å²) in [5.41, 5.74) is 7.00. The summed E-state index contributed by atoms with van der Waals surface area (Å²) in [4.78, 5) is 11.1. The number of nitrogens with two attached hydrogens (primary N) is 1. The van der Waals surface area contributed by atoms with Crippen LogP contribution in [0.5, 0.6) is 0 Å². The van der Waals surface area contributed by atoms with Crippen molar-refractivity contribution in [2.24, 2.45) is 0 Å². The van der Waals surface area contributed by atoms with Gasteiger partial charge in [-0.25, -0.2) is 0 Å². The van der Waals surface area contributed by atoms with Crippen molar-refractivity contribution < 1.29 is 4.79 Å². The zero-order valence-corrected chi connectivity index (χ0v) is 10.1. The molecule has 0 radical (unpaired) electrons.